The number of aromatic nitrogens is 2. The Morgan fingerprint density at radius 3 is 2.25 bits per heavy atom. The minimum absolute atomic E-state index is 0.00733. The van der Waals surface area contributed by atoms with Gasteiger partial charge in [0.15, 0.2) is 5.03 Å². The Hall–Kier alpha value is -0.880. The Kier molecular flexibility index (Phi) is 4.25. The lowest BCUT2D eigenvalue weighted by Crippen LogP contribution is -2.23. The molecule has 114 valence electrons. The molecule has 1 aliphatic carbocycles. The van der Waals surface area contributed by atoms with Crippen LogP contribution < -0.4 is 5.14 Å². The predicted molar refractivity (Wildman–Crippen MR) is 78.9 cm³/mol. The molecule has 0 radical (unpaired) electrons. The van der Waals surface area contributed by atoms with Gasteiger partial charge in [0.2, 0.25) is 0 Å². The highest BCUT2D eigenvalue weighted by Crippen LogP contribution is 2.37. The molecule has 1 aliphatic rings. The van der Waals surface area contributed by atoms with Gasteiger partial charge < -0.3 is 4.57 Å². The van der Waals surface area contributed by atoms with E-state index in [0.29, 0.717) is 17.9 Å². The molecule has 5 nitrogen and oxygen atoms in total. The fraction of sp³-hybridized carbons (Fsp3) is 0.786. The van der Waals surface area contributed by atoms with Gasteiger partial charge in [-0.05, 0) is 31.1 Å². The molecule has 1 aromatic heterocycles. The van der Waals surface area contributed by atoms with Crippen LogP contribution in [0.5, 0.6) is 0 Å². The molecule has 2 N–H and O–H groups in total. The van der Waals surface area contributed by atoms with E-state index < -0.39 is 10.0 Å². The van der Waals surface area contributed by atoms with E-state index in [2.05, 4.69) is 23.4 Å². The Balaban J connectivity index is 2.42. The van der Waals surface area contributed by atoms with Crippen LogP contribution in [-0.4, -0.2) is 18.0 Å². The number of hydrogen-bond donors (Lipinski definition) is 1. The van der Waals surface area contributed by atoms with Crippen LogP contribution in [0.1, 0.15) is 64.7 Å². The first kappa shape index (κ1) is 15.5. The third-order valence-electron chi connectivity index (χ3n) is 4.09. The van der Waals surface area contributed by atoms with Crippen LogP contribution in [0, 0.1) is 11.8 Å². The monoisotopic (exact) mass is 299 g/mol. The maximum Gasteiger partial charge on any atom is 0.257 e. The van der Waals surface area contributed by atoms with Crippen molar-refractivity contribution < 1.29 is 8.42 Å². The Labute approximate surface area is 121 Å². The summed E-state index contributed by atoms with van der Waals surface area (Å²) in [6.45, 7) is 8.58. The normalized spacial score (nSPS) is 28.0. The van der Waals surface area contributed by atoms with Gasteiger partial charge in [-0.25, -0.2) is 18.5 Å². The molecule has 0 aromatic carbocycles. The zero-order chi connectivity index (χ0) is 15.1. The van der Waals surface area contributed by atoms with Crippen LogP contribution in [0.3, 0.4) is 0 Å². The summed E-state index contributed by atoms with van der Waals surface area (Å²) < 4.78 is 25.1. The molecule has 0 spiro atoms. The first-order valence-electron chi connectivity index (χ1n) is 7.30. The van der Waals surface area contributed by atoms with Crippen LogP contribution in [-0.2, 0) is 10.0 Å². The fourth-order valence-corrected chi connectivity index (χ4v) is 3.85. The summed E-state index contributed by atoms with van der Waals surface area (Å²) in [5.41, 5.74) is 0. The van der Waals surface area contributed by atoms with Crippen molar-refractivity contribution in [1.82, 2.24) is 9.55 Å². The van der Waals surface area contributed by atoms with E-state index in [0.717, 1.165) is 18.7 Å². The van der Waals surface area contributed by atoms with Crippen molar-refractivity contribution in [2.24, 2.45) is 17.0 Å². The molecule has 20 heavy (non-hydrogen) atoms. The van der Waals surface area contributed by atoms with E-state index in [4.69, 9.17) is 5.14 Å². The predicted octanol–water partition coefficient (Wildman–Crippen LogP) is 2.65. The molecular weight excluding hydrogens is 274 g/mol. The van der Waals surface area contributed by atoms with Crippen LogP contribution in [0.2, 0.25) is 0 Å². The van der Waals surface area contributed by atoms with Gasteiger partial charge in [-0.2, -0.15) is 0 Å². The minimum atomic E-state index is -3.74. The molecule has 2 rings (SSSR count). The van der Waals surface area contributed by atoms with E-state index in [1.54, 1.807) is 6.20 Å². The molecule has 6 heteroatoms. The lowest BCUT2D eigenvalue weighted by Gasteiger charge is -2.33. The third kappa shape index (κ3) is 3.23. The average Bonchev–Trinajstić information content (AvgIpc) is 2.71. The van der Waals surface area contributed by atoms with Crippen LogP contribution in [0.25, 0.3) is 0 Å². The van der Waals surface area contributed by atoms with Crippen LogP contribution in [0.4, 0.5) is 0 Å². The summed E-state index contributed by atoms with van der Waals surface area (Å²) in [5.74, 6) is 2.31. The smallest absolute Gasteiger partial charge is 0.257 e. The van der Waals surface area contributed by atoms with Gasteiger partial charge in [0, 0.05) is 18.2 Å². The number of rotatable bonds is 3. The largest absolute Gasteiger partial charge is 0.330 e. The number of sulfonamides is 1. The standard InChI is InChI=1S/C14H25N3O2S/c1-9(2)14-16-13(20(15,18)19)8-17(14)12-6-10(3)5-11(4)7-12/h8-12H,5-7H2,1-4H3,(H2,15,18,19). The van der Waals surface area contributed by atoms with Gasteiger partial charge in [-0.3, -0.25) is 0 Å². The summed E-state index contributed by atoms with van der Waals surface area (Å²) in [7, 11) is -3.74. The molecule has 0 bridgehead atoms. The number of nitrogens with zero attached hydrogens (tertiary/aromatic N) is 2. The van der Waals surface area contributed by atoms with Gasteiger partial charge in [0.05, 0.1) is 0 Å². The van der Waals surface area contributed by atoms with Crippen LogP contribution in [0.15, 0.2) is 11.2 Å². The Morgan fingerprint density at radius 1 is 1.25 bits per heavy atom. The van der Waals surface area contributed by atoms with E-state index >= 15 is 0 Å². The van der Waals surface area contributed by atoms with Gasteiger partial charge >= 0.3 is 0 Å². The molecule has 1 saturated carbocycles. The van der Waals surface area contributed by atoms with E-state index in [1.165, 1.54) is 6.42 Å². The van der Waals surface area contributed by atoms with E-state index in [9.17, 15) is 8.42 Å². The van der Waals surface area contributed by atoms with Crippen molar-refractivity contribution in [3.63, 3.8) is 0 Å². The lowest BCUT2D eigenvalue weighted by molar-refractivity contribution is 0.217. The van der Waals surface area contributed by atoms with E-state index in [-0.39, 0.29) is 10.9 Å². The third-order valence-corrected chi connectivity index (χ3v) is 4.87. The number of primary sulfonamides is 1. The minimum Gasteiger partial charge on any atom is -0.330 e. The highest BCUT2D eigenvalue weighted by molar-refractivity contribution is 7.89. The molecule has 1 heterocycles. The molecule has 1 aromatic rings. The summed E-state index contributed by atoms with van der Waals surface area (Å²) in [4.78, 5) is 4.26. The summed E-state index contributed by atoms with van der Waals surface area (Å²) in [6, 6.07) is 0.328. The zero-order valence-corrected chi connectivity index (χ0v) is 13.5. The van der Waals surface area contributed by atoms with E-state index in [1.807, 2.05) is 13.8 Å². The Morgan fingerprint density at radius 2 is 1.80 bits per heavy atom. The van der Waals surface area contributed by atoms with Crippen molar-refractivity contribution in [2.75, 3.05) is 0 Å². The number of hydrogen-bond acceptors (Lipinski definition) is 3. The fourth-order valence-electron chi connectivity index (χ4n) is 3.37. The summed E-state index contributed by atoms with van der Waals surface area (Å²) in [5, 5.41) is 5.21. The molecule has 0 amide bonds. The molecule has 1 fully saturated rings. The highest BCUT2D eigenvalue weighted by Gasteiger charge is 2.29. The second-order valence-corrected chi connectivity index (χ2v) is 8.12. The van der Waals surface area contributed by atoms with Gasteiger partial charge in [0.25, 0.3) is 10.0 Å². The molecule has 2 unspecified atom stereocenters. The summed E-state index contributed by atoms with van der Waals surface area (Å²) >= 11 is 0. The van der Waals surface area contributed by atoms with Gasteiger partial charge in [-0.15, -0.1) is 0 Å². The first-order chi connectivity index (χ1) is 9.18. The molecule has 2 atom stereocenters. The van der Waals surface area contributed by atoms with Gasteiger partial charge in [0.1, 0.15) is 5.82 Å². The quantitative estimate of drug-likeness (QED) is 0.932. The summed E-state index contributed by atoms with van der Waals surface area (Å²) in [6.07, 6.45) is 5.01. The molecular formula is C14H25N3O2S. The lowest BCUT2D eigenvalue weighted by atomic mass is 9.80. The second-order valence-electron chi connectivity index (χ2n) is 6.62. The second kappa shape index (κ2) is 5.48. The van der Waals surface area contributed by atoms with Crippen molar-refractivity contribution >= 4 is 10.0 Å². The SMILES string of the molecule is CC1CC(C)CC(n2cc(S(N)(=O)=O)nc2C(C)C)C1. The van der Waals surface area contributed by atoms with Crippen molar-refractivity contribution in [3.8, 4) is 0 Å². The first-order valence-corrected chi connectivity index (χ1v) is 8.84. The molecule has 0 aliphatic heterocycles. The zero-order valence-electron chi connectivity index (χ0n) is 12.7. The number of imidazole rings is 1. The Bertz CT molecular complexity index is 567. The topological polar surface area (TPSA) is 78.0 Å². The maximum atomic E-state index is 11.5. The highest BCUT2D eigenvalue weighted by atomic mass is 32.2. The molecule has 0 saturated heterocycles. The van der Waals surface area contributed by atoms with Crippen molar-refractivity contribution in [1.29, 1.82) is 0 Å². The van der Waals surface area contributed by atoms with Crippen LogP contribution >= 0.6 is 0 Å². The van der Waals surface area contributed by atoms with Crippen molar-refractivity contribution in [3.05, 3.63) is 12.0 Å². The maximum absolute atomic E-state index is 11.5. The van der Waals surface area contributed by atoms with Crippen molar-refractivity contribution in [2.45, 2.75) is 63.9 Å². The number of nitrogens with two attached hydrogens (primary N) is 1. The average molecular weight is 299 g/mol. The van der Waals surface area contributed by atoms with Gasteiger partial charge in [-0.1, -0.05) is 27.7 Å².